The summed E-state index contributed by atoms with van der Waals surface area (Å²) < 4.78 is 0. The van der Waals surface area contributed by atoms with Gasteiger partial charge >= 0.3 is 0 Å². The third kappa shape index (κ3) is 2.99. The Hall–Kier alpha value is -3.15. The molecule has 5 nitrogen and oxygen atoms in total. The van der Waals surface area contributed by atoms with E-state index in [1.807, 2.05) is 80.6 Å². The van der Waals surface area contributed by atoms with Gasteiger partial charge in [0.1, 0.15) is 9.75 Å². The lowest BCUT2D eigenvalue weighted by molar-refractivity contribution is -0.140. The van der Waals surface area contributed by atoms with Crippen LogP contribution in [0.5, 0.6) is 0 Å². The Bertz CT molecular complexity index is 1320. The number of alkyl halides is 2. The van der Waals surface area contributed by atoms with E-state index < -0.39 is 21.6 Å². The Kier molecular flexibility index (Phi) is 5.12. The Morgan fingerprint density at radius 3 is 1.64 bits per heavy atom. The van der Waals surface area contributed by atoms with E-state index in [1.54, 1.807) is 0 Å². The number of rotatable bonds is 4. The molecule has 3 amide bonds. The van der Waals surface area contributed by atoms with Crippen molar-refractivity contribution < 1.29 is 14.4 Å². The summed E-state index contributed by atoms with van der Waals surface area (Å²) in [5.74, 6) is -2.74. The van der Waals surface area contributed by atoms with Gasteiger partial charge in [0.05, 0.1) is 11.8 Å². The first-order chi connectivity index (χ1) is 17.2. The van der Waals surface area contributed by atoms with E-state index >= 15 is 0 Å². The fourth-order valence-electron chi connectivity index (χ4n) is 6.43. The van der Waals surface area contributed by atoms with E-state index in [9.17, 15) is 14.4 Å². The molecule has 36 heavy (non-hydrogen) atoms. The fourth-order valence-corrected chi connectivity index (χ4v) is 7.53. The molecule has 0 radical (unpaired) electrons. The summed E-state index contributed by atoms with van der Waals surface area (Å²) in [5, 5.41) is 2.87. The van der Waals surface area contributed by atoms with Gasteiger partial charge in [0.2, 0.25) is 17.7 Å². The van der Waals surface area contributed by atoms with Crippen LogP contribution in [0.3, 0.4) is 0 Å². The number of amides is 3. The van der Waals surface area contributed by atoms with Crippen LogP contribution < -0.4 is 5.32 Å². The third-order valence-corrected chi connectivity index (χ3v) is 9.03. The zero-order valence-corrected chi connectivity index (χ0v) is 21.4. The number of imide groups is 1. The van der Waals surface area contributed by atoms with Crippen molar-refractivity contribution >= 4 is 46.6 Å². The first-order valence-electron chi connectivity index (χ1n) is 12.0. The molecule has 0 aromatic heterocycles. The quantitative estimate of drug-likeness (QED) is 0.380. The van der Waals surface area contributed by atoms with Gasteiger partial charge in [0.15, 0.2) is 0 Å². The number of hydrogen-bond acceptors (Lipinski definition) is 3. The molecule has 1 saturated heterocycles. The molecular formula is C29H24Cl2N2O3. The molecule has 0 saturated carbocycles. The second-order valence-electron chi connectivity index (χ2n) is 9.97. The summed E-state index contributed by atoms with van der Waals surface area (Å²) in [5.41, 5.74) is 5.81. The van der Waals surface area contributed by atoms with Crippen molar-refractivity contribution in [3.63, 3.8) is 0 Å². The van der Waals surface area contributed by atoms with E-state index in [4.69, 9.17) is 23.2 Å². The summed E-state index contributed by atoms with van der Waals surface area (Å²) in [4.78, 5) is 39.1. The fraction of sp³-hybridized carbons (Fsp3) is 0.276. The van der Waals surface area contributed by atoms with Crippen LogP contribution in [0, 0.1) is 25.7 Å². The SMILES string of the molecule is Cc1cc(C)cc(NC(=O)CCN2C(=O)[C@@H]3[C@H](C2=O)C2(Cl)c4ccccc4C3(Cl)c3ccccc32)c1. The van der Waals surface area contributed by atoms with Gasteiger partial charge in [-0.2, -0.15) is 0 Å². The number of halogens is 2. The van der Waals surface area contributed by atoms with Gasteiger partial charge in [0.25, 0.3) is 0 Å². The number of anilines is 1. The Morgan fingerprint density at radius 1 is 0.806 bits per heavy atom. The topological polar surface area (TPSA) is 66.5 Å². The van der Waals surface area contributed by atoms with Crippen LogP contribution in [0.15, 0.2) is 66.7 Å². The molecule has 1 aliphatic heterocycles. The molecule has 0 unspecified atom stereocenters. The van der Waals surface area contributed by atoms with Crippen molar-refractivity contribution in [2.45, 2.75) is 30.0 Å². The lowest BCUT2D eigenvalue weighted by Gasteiger charge is -2.54. The predicted octanol–water partition coefficient (Wildman–Crippen LogP) is 5.23. The van der Waals surface area contributed by atoms with E-state index in [0.717, 1.165) is 33.4 Å². The van der Waals surface area contributed by atoms with Gasteiger partial charge in [-0.15, -0.1) is 23.2 Å². The molecule has 1 N–H and O–H groups in total. The van der Waals surface area contributed by atoms with E-state index in [0.29, 0.717) is 5.69 Å². The highest BCUT2D eigenvalue weighted by Gasteiger charge is 2.72. The maximum atomic E-state index is 13.8. The first-order valence-corrected chi connectivity index (χ1v) is 12.7. The van der Waals surface area contributed by atoms with Crippen molar-refractivity contribution in [2.75, 3.05) is 11.9 Å². The molecule has 1 fully saturated rings. The highest BCUT2D eigenvalue weighted by Crippen LogP contribution is 2.69. The predicted molar refractivity (Wildman–Crippen MR) is 139 cm³/mol. The standard InChI is InChI=1S/C29H24Cl2N2O3/c1-16-13-17(2)15-18(14-16)32-23(34)11-12-33-26(35)24-25(27(33)36)29(31)20-8-4-3-7-19(20)28(24,30)21-9-5-6-10-22(21)29/h3-10,13-15,24-25H,11-12H2,1-2H3,(H,32,34)/t24-,25+,28?,29?. The zero-order chi connectivity index (χ0) is 25.4. The van der Waals surface area contributed by atoms with E-state index in [1.165, 1.54) is 4.90 Å². The lowest BCUT2D eigenvalue weighted by Crippen LogP contribution is -2.57. The maximum Gasteiger partial charge on any atom is 0.235 e. The average molecular weight is 519 g/mol. The van der Waals surface area contributed by atoms with Crippen LogP contribution in [-0.2, 0) is 24.1 Å². The maximum absolute atomic E-state index is 13.8. The summed E-state index contributed by atoms with van der Waals surface area (Å²) in [6.07, 6.45) is -0.0195. The number of nitrogens with one attached hydrogen (secondary N) is 1. The number of aryl methyl sites for hydroxylation is 2. The molecular weight excluding hydrogens is 495 g/mol. The van der Waals surface area contributed by atoms with Crippen molar-refractivity contribution in [1.29, 1.82) is 0 Å². The number of carbonyl (C=O) groups excluding carboxylic acids is 3. The van der Waals surface area contributed by atoms with Crippen LogP contribution in [0.2, 0.25) is 0 Å². The number of hydrogen-bond donors (Lipinski definition) is 1. The monoisotopic (exact) mass is 518 g/mol. The van der Waals surface area contributed by atoms with Crippen molar-refractivity contribution in [3.05, 3.63) is 100 Å². The second kappa shape index (κ2) is 7.92. The Morgan fingerprint density at radius 2 is 1.22 bits per heavy atom. The minimum absolute atomic E-state index is 0.0195. The van der Waals surface area contributed by atoms with Crippen LogP contribution in [-0.4, -0.2) is 29.2 Å². The summed E-state index contributed by atoms with van der Waals surface area (Å²) in [6, 6.07) is 20.8. The summed E-state index contributed by atoms with van der Waals surface area (Å²) in [7, 11) is 0. The molecule has 3 aromatic carbocycles. The molecule has 4 aliphatic rings. The Balaban J connectivity index is 1.33. The number of nitrogens with zero attached hydrogens (tertiary/aromatic N) is 1. The number of carbonyl (C=O) groups is 3. The van der Waals surface area contributed by atoms with Crippen LogP contribution in [0.25, 0.3) is 0 Å². The Labute approximate surface area is 219 Å². The van der Waals surface area contributed by atoms with Crippen LogP contribution >= 0.6 is 23.2 Å². The molecule has 2 bridgehead atoms. The zero-order valence-electron chi connectivity index (χ0n) is 19.8. The molecule has 182 valence electrons. The molecule has 7 heteroatoms. The number of likely N-dealkylation sites (tertiary alicyclic amines) is 1. The molecule has 3 aliphatic carbocycles. The minimum atomic E-state index is -1.21. The molecule has 7 rings (SSSR count). The van der Waals surface area contributed by atoms with Gasteiger partial charge in [-0.05, 0) is 59.4 Å². The highest BCUT2D eigenvalue weighted by molar-refractivity contribution is 6.36. The van der Waals surface area contributed by atoms with Crippen LogP contribution in [0.1, 0.15) is 39.8 Å². The normalized spacial score (nSPS) is 27.5. The smallest absolute Gasteiger partial charge is 0.235 e. The largest absolute Gasteiger partial charge is 0.326 e. The molecule has 0 spiro atoms. The van der Waals surface area contributed by atoms with E-state index in [-0.39, 0.29) is 30.7 Å². The molecule has 1 heterocycles. The summed E-state index contributed by atoms with van der Waals surface area (Å²) >= 11 is 14.8. The van der Waals surface area contributed by atoms with Gasteiger partial charge in [-0.1, -0.05) is 54.6 Å². The first kappa shape index (κ1) is 23.3. The lowest BCUT2D eigenvalue weighted by atomic mass is 9.54. The number of benzene rings is 3. The van der Waals surface area contributed by atoms with Gasteiger partial charge in [-0.3, -0.25) is 19.3 Å². The molecule has 3 aromatic rings. The van der Waals surface area contributed by atoms with Gasteiger partial charge in [0, 0.05) is 18.7 Å². The van der Waals surface area contributed by atoms with Crippen molar-refractivity contribution in [3.8, 4) is 0 Å². The average Bonchev–Trinajstić information content (AvgIpc) is 3.11. The van der Waals surface area contributed by atoms with E-state index in [2.05, 4.69) is 5.32 Å². The minimum Gasteiger partial charge on any atom is -0.326 e. The van der Waals surface area contributed by atoms with Crippen molar-refractivity contribution in [1.82, 2.24) is 4.90 Å². The third-order valence-electron chi connectivity index (χ3n) is 7.74. The summed E-state index contributed by atoms with van der Waals surface area (Å²) in [6.45, 7) is 3.88. The van der Waals surface area contributed by atoms with Crippen LogP contribution in [0.4, 0.5) is 5.69 Å². The highest BCUT2D eigenvalue weighted by atomic mass is 35.5. The second-order valence-corrected chi connectivity index (χ2v) is 11.2. The van der Waals surface area contributed by atoms with Gasteiger partial charge < -0.3 is 5.32 Å². The van der Waals surface area contributed by atoms with Crippen molar-refractivity contribution in [2.24, 2.45) is 11.8 Å². The molecule has 2 atom stereocenters. The van der Waals surface area contributed by atoms with Gasteiger partial charge in [-0.25, -0.2) is 0 Å².